The summed E-state index contributed by atoms with van der Waals surface area (Å²) in [5.74, 6) is 0. The van der Waals surface area contributed by atoms with Gasteiger partial charge in [0.25, 0.3) is 0 Å². The Kier molecular flexibility index (Phi) is 8.58. The van der Waals surface area contributed by atoms with E-state index in [0.717, 1.165) is 22.7 Å². The van der Waals surface area contributed by atoms with Gasteiger partial charge < -0.3 is 9.47 Å². The number of fused-ring (bicyclic) bond motifs is 12. The van der Waals surface area contributed by atoms with Crippen LogP contribution in [0.25, 0.3) is 92.2 Å². The van der Waals surface area contributed by atoms with Crippen molar-refractivity contribution in [2.24, 2.45) is 0 Å². The lowest BCUT2D eigenvalue weighted by molar-refractivity contribution is 0.660. The summed E-state index contributed by atoms with van der Waals surface area (Å²) >= 11 is 1.88. The van der Waals surface area contributed by atoms with Gasteiger partial charge in [-0.05, 0) is 133 Å². The molecule has 14 rings (SSSR count). The first-order valence-electron chi connectivity index (χ1n) is 24.2. The molecule has 0 aliphatic heterocycles. The Bertz CT molecular complexity index is 3960. The summed E-state index contributed by atoms with van der Waals surface area (Å²) in [5.41, 5.74) is 22.5. The zero-order valence-corrected chi connectivity index (χ0v) is 39.9. The molecule has 0 unspecified atom stereocenters. The van der Waals surface area contributed by atoms with Gasteiger partial charge in [0.05, 0.1) is 11.0 Å². The van der Waals surface area contributed by atoms with Crippen LogP contribution < -0.4 is 4.90 Å². The standard InChI is InChI=1S/C66H48N2S/c1-65(2)57-20-9-5-14-49(57)51-36-33-46(39-59(51)65)67(47-34-37-52-50-15-6-10-21-58(50)66(3,4)60(52)40-47)44-29-24-41(25-30-44)43-28-35-54-53-16-7-11-22-61(53)68(62(54)38-43)45-31-26-42(27-32-45)48-18-13-19-56-55-17-8-12-23-63(55)69-64(48)56/h5-40H,1-4H3. The first-order chi connectivity index (χ1) is 33.7. The number of anilines is 3. The second kappa shape index (κ2) is 14.8. The highest BCUT2D eigenvalue weighted by Gasteiger charge is 2.37. The van der Waals surface area contributed by atoms with Gasteiger partial charge in [0.2, 0.25) is 0 Å². The predicted molar refractivity (Wildman–Crippen MR) is 294 cm³/mol. The van der Waals surface area contributed by atoms with Gasteiger partial charge in [0, 0.05) is 64.5 Å². The normalized spacial score (nSPS) is 14.0. The molecule has 0 N–H and O–H groups in total. The number of hydrogen-bond acceptors (Lipinski definition) is 2. The number of rotatable bonds is 6. The van der Waals surface area contributed by atoms with E-state index in [1.165, 1.54) is 109 Å². The third-order valence-electron chi connectivity index (χ3n) is 15.6. The van der Waals surface area contributed by atoms with Crippen LogP contribution in [-0.4, -0.2) is 4.57 Å². The lowest BCUT2D eigenvalue weighted by Gasteiger charge is -2.30. The van der Waals surface area contributed by atoms with Gasteiger partial charge in [-0.1, -0.05) is 179 Å². The van der Waals surface area contributed by atoms with Crippen LogP contribution >= 0.6 is 11.3 Å². The van der Waals surface area contributed by atoms with E-state index < -0.39 is 0 Å². The number of hydrogen-bond donors (Lipinski definition) is 0. The third-order valence-corrected chi connectivity index (χ3v) is 16.8. The average Bonchev–Trinajstić information content (AvgIpc) is 4.07. The van der Waals surface area contributed by atoms with E-state index in [1.807, 2.05) is 11.3 Å². The predicted octanol–water partition coefficient (Wildman–Crippen LogP) is 18.6. The van der Waals surface area contributed by atoms with Gasteiger partial charge in [-0.2, -0.15) is 0 Å². The summed E-state index contributed by atoms with van der Waals surface area (Å²) in [6.45, 7) is 9.48. The Balaban J connectivity index is 0.866. The Hall–Kier alpha value is -7.98. The van der Waals surface area contributed by atoms with E-state index in [9.17, 15) is 0 Å². The van der Waals surface area contributed by atoms with Crippen molar-refractivity contribution in [3.05, 3.63) is 241 Å². The molecule has 2 aliphatic rings. The number of nitrogens with zero attached hydrogens (tertiary/aromatic N) is 2. The molecule has 69 heavy (non-hydrogen) atoms. The lowest BCUT2D eigenvalue weighted by atomic mass is 9.82. The Labute approximate surface area is 407 Å². The fourth-order valence-electron chi connectivity index (χ4n) is 12.1. The number of thiophene rings is 1. The molecule has 0 atom stereocenters. The Morgan fingerprint density at radius 3 is 1.54 bits per heavy atom. The van der Waals surface area contributed by atoms with Crippen LogP contribution in [0.15, 0.2) is 218 Å². The molecule has 0 saturated heterocycles. The maximum Gasteiger partial charge on any atom is 0.0547 e. The summed E-state index contributed by atoms with van der Waals surface area (Å²) < 4.78 is 5.11. The fourth-order valence-corrected chi connectivity index (χ4v) is 13.3. The van der Waals surface area contributed by atoms with Crippen molar-refractivity contribution in [1.82, 2.24) is 4.57 Å². The largest absolute Gasteiger partial charge is 0.310 e. The summed E-state index contributed by atoms with van der Waals surface area (Å²) in [6, 6.07) is 81.8. The van der Waals surface area contributed by atoms with Crippen LogP contribution in [0.5, 0.6) is 0 Å². The van der Waals surface area contributed by atoms with Gasteiger partial charge in [0.15, 0.2) is 0 Å². The number of benzene rings is 10. The van der Waals surface area contributed by atoms with Crippen LogP contribution in [0.1, 0.15) is 49.9 Å². The summed E-state index contributed by atoms with van der Waals surface area (Å²) in [4.78, 5) is 2.47. The van der Waals surface area contributed by atoms with E-state index in [-0.39, 0.29) is 10.8 Å². The van der Waals surface area contributed by atoms with Crippen molar-refractivity contribution in [3.8, 4) is 50.2 Å². The zero-order chi connectivity index (χ0) is 46.2. The maximum atomic E-state index is 2.47. The molecule has 0 fully saturated rings. The van der Waals surface area contributed by atoms with Gasteiger partial charge in [-0.3, -0.25) is 0 Å². The third kappa shape index (κ3) is 5.90. The van der Waals surface area contributed by atoms with Crippen LogP contribution in [0.3, 0.4) is 0 Å². The molecule has 3 heteroatoms. The SMILES string of the molecule is CC1(C)c2ccccc2-c2ccc(N(c3ccc(-c4ccc5c6ccccc6n(-c6ccc(-c7cccc8c7sc7ccccc78)cc6)c5c4)cc3)c3ccc4c(c3)C(C)(C)c3ccccc3-4)cc21. The minimum absolute atomic E-state index is 0.115. The minimum atomic E-state index is -0.115. The van der Waals surface area contributed by atoms with Gasteiger partial charge in [-0.25, -0.2) is 0 Å². The molecular weight excluding hydrogens is 853 g/mol. The van der Waals surface area contributed by atoms with E-state index in [0.29, 0.717) is 0 Å². The quantitative estimate of drug-likeness (QED) is 0.161. The van der Waals surface area contributed by atoms with E-state index in [1.54, 1.807) is 0 Å². The number of aromatic nitrogens is 1. The molecule has 0 bridgehead atoms. The highest BCUT2D eigenvalue weighted by molar-refractivity contribution is 7.26. The molecule has 328 valence electrons. The van der Waals surface area contributed by atoms with Crippen LogP contribution in [0.2, 0.25) is 0 Å². The molecule has 0 amide bonds. The first-order valence-corrected chi connectivity index (χ1v) is 25.0. The maximum absolute atomic E-state index is 2.47. The van der Waals surface area contributed by atoms with Gasteiger partial charge >= 0.3 is 0 Å². The second-order valence-corrected chi connectivity index (χ2v) is 21.1. The summed E-state index contributed by atoms with van der Waals surface area (Å²) in [5, 5.41) is 5.16. The van der Waals surface area contributed by atoms with Gasteiger partial charge in [0.1, 0.15) is 0 Å². The van der Waals surface area contributed by atoms with E-state index in [2.05, 4.69) is 256 Å². The molecule has 0 spiro atoms. The van der Waals surface area contributed by atoms with Gasteiger partial charge in [-0.15, -0.1) is 11.3 Å². The molecule has 2 aromatic heterocycles. The summed E-state index contributed by atoms with van der Waals surface area (Å²) in [6.07, 6.45) is 0. The van der Waals surface area contributed by atoms with Crippen molar-refractivity contribution < 1.29 is 0 Å². The monoisotopic (exact) mass is 900 g/mol. The molecule has 0 radical (unpaired) electrons. The van der Waals surface area contributed by atoms with Crippen molar-refractivity contribution in [1.29, 1.82) is 0 Å². The molecule has 0 saturated carbocycles. The van der Waals surface area contributed by atoms with Crippen molar-refractivity contribution in [2.45, 2.75) is 38.5 Å². The second-order valence-electron chi connectivity index (χ2n) is 20.1. The zero-order valence-electron chi connectivity index (χ0n) is 39.1. The van der Waals surface area contributed by atoms with E-state index >= 15 is 0 Å². The average molecular weight is 901 g/mol. The van der Waals surface area contributed by atoms with Crippen LogP contribution in [0.4, 0.5) is 17.1 Å². The summed E-state index contributed by atoms with van der Waals surface area (Å²) in [7, 11) is 0. The topological polar surface area (TPSA) is 8.17 Å². The molecule has 10 aromatic carbocycles. The first kappa shape index (κ1) is 40.1. The molecular formula is C66H48N2S. The number of para-hydroxylation sites is 1. The molecule has 2 nitrogen and oxygen atoms in total. The van der Waals surface area contributed by atoms with Crippen LogP contribution in [0, 0.1) is 0 Å². The van der Waals surface area contributed by atoms with Crippen LogP contribution in [-0.2, 0) is 10.8 Å². The smallest absolute Gasteiger partial charge is 0.0547 e. The fraction of sp³-hybridized carbons (Fsp3) is 0.0909. The lowest BCUT2D eigenvalue weighted by Crippen LogP contribution is -2.18. The van der Waals surface area contributed by atoms with E-state index in [4.69, 9.17) is 0 Å². The Morgan fingerprint density at radius 2 is 0.855 bits per heavy atom. The van der Waals surface area contributed by atoms with Crippen molar-refractivity contribution in [2.75, 3.05) is 4.90 Å². The molecule has 12 aromatic rings. The minimum Gasteiger partial charge on any atom is -0.310 e. The highest BCUT2D eigenvalue weighted by atomic mass is 32.1. The molecule has 2 heterocycles. The van der Waals surface area contributed by atoms with Crippen molar-refractivity contribution in [3.63, 3.8) is 0 Å². The Morgan fingerprint density at radius 1 is 0.348 bits per heavy atom. The van der Waals surface area contributed by atoms with Crippen molar-refractivity contribution >= 4 is 70.4 Å². The molecule has 2 aliphatic carbocycles. The highest BCUT2D eigenvalue weighted by Crippen LogP contribution is 2.53.